The number of ether oxygens (including phenoxy) is 1. The van der Waals surface area contributed by atoms with Gasteiger partial charge in [-0.05, 0) is 24.3 Å². The van der Waals surface area contributed by atoms with Gasteiger partial charge in [-0.25, -0.2) is 4.98 Å². The minimum Gasteiger partial charge on any atom is -0.496 e. The van der Waals surface area contributed by atoms with Gasteiger partial charge in [-0.1, -0.05) is 18.2 Å². The number of para-hydroxylation sites is 1. The third-order valence-electron chi connectivity index (χ3n) is 3.16. The zero-order chi connectivity index (χ0) is 14.7. The molecule has 0 saturated carbocycles. The Labute approximate surface area is 121 Å². The highest BCUT2D eigenvalue weighted by molar-refractivity contribution is 5.94. The highest BCUT2D eigenvalue weighted by atomic mass is 16.5. The number of oxazole rings is 1. The fourth-order valence-electron chi connectivity index (χ4n) is 2.16. The van der Waals surface area contributed by atoms with Crippen LogP contribution in [0.25, 0.3) is 11.1 Å². The Morgan fingerprint density at radius 3 is 3.00 bits per heavy atom. The van der Waals surface area contributed by atoms with Gasteiger partial charge in [-0.3, -0.25) is 4.79 Å². The molecular weight excluding hydrogens is 268 g/mol. The number of hydrogen-bond acceptors (Lipinski definition) is 4. The lowest BCUT2D eigenvalue weighted by atomic mass is 10.1. The molecule has 5 heteroatoms. The van der Waals surface area contributed by atoms with Crippen molar-refractivity contribution in [3.8, 4) is 5.75 Å². The number of aromatic nitrogens is 1. The highest BCUT2D eigenvalue weighted by Crippen LogP contribution is 2.20. The Bertz CT molecular complexity index is 780. The number of carbonyl (C=O) groups excluding carboxylic acids is 1. The first kappa shape index (κ1) is 13.2. The SMILES string of the molecule is COc1ccccc1CC(=O)Nc1ccc2ocnc2c1. The number of hydrogen-bond donors (Lipinski definition) is 1. The predicted octanol–water partition coefficient (Wildman–Crippen LogP) is 3.02. The molecule has 1 amide bonds. The summed E-state index contributed by atoms with van der Waals surface area (Å²) in [5.41, 5.74) is 2.94. The number of benzene rings is 2. The number of amides is 1. The van der Waals surface area contributed by atoms with Gasteiger partial charge in [0, 0.05) is 11.3 Å². The first-order chi connectivity index (χ1) is 10.3. The smallest absolute Gasteiger partial charge is 0.228 e. The van der Waals surface area contributed by atoms with Crippen molar-refractivity contribution < 1.29 is 13.9 Å². The van der Waals surface area contributed by atoms with E-state index in [-0.39, 0.29) is 12.3 Å². The molecule has 1 N–H and O–H groups in total. The van der Waals surface area contributed by atoms with Gasteiger partial charge in [0.2, 0.25) is 5.91 Å². The Hall–Kier alpha value is -2.82. The van der Waals surface area contributed by atoms with E-state index in [2.05, 4.69) is 10.3 Å². The van der Waals surface area contributed by atoms with Crippen molar-refractivity contribution in [3.05, 3.63) is 54.4 Å². The molecule has 0 spiro atoms. The molecule has 0 aliphatic heterocycles. The van der Waals surface area contributed by atoms with Crippen molar-refractivity contribution in [3.63, 3.8) is 0 Å². The minimum atomic E-state index is -0.109. The van der Waals surface area contributed by atoms with Crippen molar-refractivity contribution in [2.45, 2.75) is 6.42 Å². The first-order valence-electron chi connectivity index (χ1n) is 6.51. The fraction of sp³-hybridized carbons (Fsp3) is 0.125. The molecule has 3 rings (SSSR count). The second-order valence-electron chi connectivity index (χ2n) is 4.57. The highest BCUT2D eigenvalue weighted by Gasteiger charge is 2.09. The maximum atomic E-state index is 12.1. The zero-order valence-corrected chi connectivity index (χ0v) is 11.5. The number of anilines is 1. The number of nitrogens with zero attached hydrogens (tertiary/aromatic N) is 1. The van der Waals surface area contributed by atoms with E-state index < -0.39 is 0 Å². The Kier molecular flexibility index (Phi) is 3.55. The van der Waals surface area contributed by atoms with Crippen LogP contribution in [-0.2, 0) is 11.2 Å². The molecule has 0 aliphatic rings. The zero-order valence-electron chi connectivity index (χ0n) is 11.5. The summed E-state index contributed by atoms with van der Waals surface area (Å²) in [6.45, 7) is 0. The van der Waals surface area contributed by atoms with Crippen LogP contribution in [0.5, 0.6) is 5.75 Å². The summed E-state index contributed by atoms with van der Waals surface area (Å²) in [7, 11) is 1.59. The van der Waals surface area contributed by atoms with Crippen LogP contribution < -0.4 is 10.1 Å². The van der Waals surface area contributed by atoms with Gasteiger partial charge in [0.15, 0.2) is 12.0 Å². The average Bonchev–Trinajstić information content (AvgIpc) is 2.95. The first-order valence-corrected chi connectivity index (χ1v) is 6.51. The summed E-state index contributed by atoms with van der Waals surface area (Å²) >= 11 is 0. The van der Waals surface area contributed by atoms with E-state index in [1.165, 1.54) is 6.39 Å². The summed E-state index contributed by atoms with van der Waals surface area (Å²) < 4.78 is 10.4. The van der Waals surface area contributed by atoms with Crippen LogP contribution in [0, 0.1) is 0 Å². The van der Waals surface area contributed by atoms with Crippen LogP contribution in [0.15, 0.2) is 53.3 Å². The molecular formula is C16H14N2O3. The van der Waals surface area contributed by atoms with Crippen LogP contribution >= 0.6 is 0 Å². The van der Waals surface area contributed by atoms with Crippen molar-refractivity contribution >= 4 is 22.7 Å². The monoisotopic (exact) mass is 282 g/mol. The number of carbonyl (C=O) groups is 1. The van der Waals surface area contributed by atoms with E-state index >= 15 is 0 Å². The van der Waals surface area contributed by atoms with Crippen molar-refractivity contribution in [1.82, 2.24) is 4.98 Å². The molecule has 0 atom stereocenters. The minimum absolute atomic E-state index is 0.109. The summed E-state index contributed by atoms with van der Waals surface area (Å²) in [5.74, 6) is 0.599. The number of nitrogens with one attached hydrogen (secondary N) is 1. The van der Waals surface area contributed by atoms with Gasteiger partial charge >= 0.3 is 0 Å². The summed E-state index contributed by atoms with van der Waals surface area (Å²) in [4.78, 5) is 16.2. The second-order valence-corrected chi connectivity index (χ2v) is 4.57. The lowest BCUT2D eigenvalue weighted by Crippen LogP contribution is -2.14. The number of fused-ring (bicyclic) bond motifs is 1. The summed E-state index contributed by atoms with van der Waals surface area (Å²) in [5, 5.41) is 2.85. The van der Waals surface area contributed by atoms with E-state index in [0.29, 0.717) is 22.5 Å². The van der Waals surface area contributed by atoms with Gasteiger partial charge < -0.3 is 14.5 Å². The van der Waals surface area contributed by atoms with Crippen LogP contribution in [0.1, 0.15) is 5.56 Å². The molecule has 0 saturated heterocycles. The lowest BCUT2D eigenvalue weighted by Gasteiger charge is -2.08. The van der Waals surface area contributed by atoms with Crippen molar-refractivity contribution in [2.75, 3.05) is 12.4 Å². The largest absolute Gasteiger partial charge is 0.496 e. The Balaban J connectivity index is 1.73. The molecule has 0 fully saturated rings. The molecule has 3 aromatic rings. The van der Waals surface area contributed by atoms with E-state index in [1.54, 1.807) is 25.3 Å². The van der Waals surface area contributed by atoms with Gasteiger partial charge in [0.05, 0.1) is 13.5 Å². The Morgan fingerprint density at radius 1 is 1.29 bits per heavy atom. The summed E-state index contributed by atoms with van der Waals surface area (Å²) in [6, 6.07) is 12.8. The van der Waals surface area contributed by atoms with E-state index in [4.69, 9.17) is 9.15 Å². The molecule has 1 heterocycles. The van der Waals surface area contributed by atoms with Crippen LogP contribution in [-0.4, -0.2) is 18.0 Å². The molecule has 1 aromatic heterocycles. The number of methoxy groups -OCH3 is 1. The summed E-state index contributed by atoms with van der Waals surface area (Å²) in [6.07, 6.45) is 1.63. The molecule has 106 valence electrons. The molecule has 0 bridgehead atoms. The van der Waals surface area contributed by atoms with Crippen molar-refractivity contribution in [2.24, 2.45) is 0 Å². The molecule has 0 aliphatic carbocycles. The maximum Gasteiger partial charge on any atom is 0.228 e. The van der Waals surface area contributed by atoms with Gasteiger partial charge in [0.25, 0.3) is 0 Å². The van der Waals surface area contributed by atoms with Gasteiger partial charge in [0.1, 0.15) is 11.3 Å². The van der Waals surface area contributed by atoms with Crippen LogP contribution in [0.3, 0.4) is 0 Å². The quantitative estimate of drug-likeness (QED) is 0.799. The predicted molar refractivity (Wildman–Crippen MR) is 79.3 cm³/mol. The molecule has 21 heavy (non-hydrogen) atoms. The van der Waals surface area contributed by atoms with Crippen LogP contribution in [0.2, 0.25) is 0 Å². The molecule has 5 nitrogen and oxygen atoms in total. The van der Waals surface area contributed by atoms with E-state index in [1.807, 2.05) is 24.3 Å². The van der Waals surface area contributed by atoms with E-state index in [0.717, 1.165) is 5.56 Å². The van der Waals surface area contributed by atoms with E-state index in [9.17, 15) is 4.79 Å². The lowest BCUT2D eigenvalue weighted by molar-refractivity contribution is -0.115. The third kappa shape index (κ3) is 2.86. The van der Waals surface area contributed by atoms with Gasteiger partial charge in [-0.2, -0.15) is 0 Å². The molecule has 2 aromatic carbocycles. The topological polar surface area (TPSA) is 64.4 Å². The normalized spacial score (nSPS) is 10.5. The molecule has 0 unspecified atom stereocenters. The van der Waals surface area contributed by atoms with Gasteiger partial charge in [-0.15, -0.1) is 0 Å². The van der Waals surface area contributed by atoms with Crippen LogP contribution in [0.4, 0.5) is 5.69 Å². The standard InChI is InChI=1S/C16H14N2O3/c1-20-14-5-3-2-4-11(14)8-16(19)18-12-6-7-15-13(9-12)17-10-21-15/h2-7,9-10H,8H2,1H3,(H,18,19). The van der Waals surface area contributed by atoms with Crippen molar-refractivity contribution in [1.29, 1.82) is 0 Å². The maximum absolute atomic E-state index is 12.1. The molecule has 0 radical (unpaired) electrons. The fourth-order valence-corrected chi connectivity index (χ4v) is 2.16. The average molecular weight is 282 g/mol. The second kappa shape index (κ2) is 5.66. The Morgan fingerprint density at radius 2 is 2.14 bits per heavy atom. The third-order valence-corrected chi connectivity index (χ3v) is 3.16. The number of rotatable bonds is 4.